The molecule has 6 heteroatoms. The molecule has 1 aliphatic rings. The highest BCUT2D eigenvalue weighted by molar-refractivity contribution is 7.99. The third-order valence-electron chi connectivity index (χ3n) is 3.70. The number of rotatable bonds is 5. The maximum atomic E-state index is 13.0. The van der Waals surface area contributed by atoms with E-state index in [0.717, 1.165) is 25.0 Å². The summed E-state index contributed by atoms with van der Waals surface area (Å²) in [5, 5.41) is 9.06. The molecule has 0 spiro atoms. The lowest BCUT2D eigenvalue weighted by molar-refractivity contribution is -0.132. The van der Waals surface area contributed by atoms with Crippen molar-refractivity contribution in [3.8, 4) is 0 Å². The third kappa shape index (κ3) is 4.68. The molecule has 116 valence electrons. The van der Waals surface area contributed by atoms with Crippen LogP contribution < -0.4 is 0 Å². The summed E-state index contributed by atoms with van der Waals surface area (Å²) < 4.78 is 25.8. The fourth-order valence-corrected chi connectivity index (χ4v) is 3.21. The molecule has 21 heavy (non-hydrogen) atoms. The molecule has 0 aliphatic carbocycles. The summed E-state index contributed by atoms with van der Waals surface area (Å²) in [7, 11) is 0. The molecule has 1 fully saturated rings. The standard InChI is InChI=1S/C15H19F2NO2S/c16-13-2-1-12(9-14(13)17)21-8-5-15(20)18-6-3-11(10-19)4-7-18/h1-2,9,11,19H,3-8,10H2. The Bertz CT molecular complexity index is 491. The van der Waals surface area contributed by atoms with Crippen LogP contribution in [-0.2, 0) is 4.79 Å². The Kier molecular flexibility index (Phi) is 5.99. The molecule has 3 nitrogen and oxygen atoms in total. The Balaban J connectivity index is 1.73. The first-order chi connectivity index (χ1) is 10.1. The van der Waals surface area contributed by atoms with Crippen LogP contribution in [0.5, 0.6) is 0 Å². The van der Waals surface area contributed by atoms with Gasteiger partial charge in [-0.05, 0) is 37.0 Å². The number of amides is 1. The molecule has 0 bridgehead atoms. The number of piperidine rings is 1. The van der Waals surface area contributed by atoms with Crippen LogP contribution in [0.15, 0.2) is 23.1 Å². The lowest BCUT2D eigenvalue weighted by atomic mass is 9.98. The number of benzene rings is 1. The molecule has 1 saturated heterocycles. The molecule has 0 unspecified atom stereocenters. The number of carbonyl (C=O) groups is 1. The van der Waals surface area contributed by atoms with Gasteiger partial charge in [-0.2, -0.15) is 0 Å². The van der Waals surface area contributed by atoms with Crippen molar-refractivity contribution in [1.82, 2.24) is 4.90 Å². The molecule has 1 N–H and O–H groups in total. The quantitative estimate of drug-likeness (QED) is 0.849. The molecule has 0 atom stereocenters. The van der Waals surface area contributed by atoms with E-state index in [2.05, 4.69) is 0 Å². The summed E-state index contributed by atoms with van der Waals surface area (Å²) in [5.74, 6) is -0.782. The maximum absolute atomic E-state index is 13.0. The fourth-order valence-electron chi connectivity index (χ4n) is 2.35. The summed E-state index contributed by atoms with van der Waals surface area (Å²) in [6.45, 7) is 1.58. The number of aliphatic hydroxyl groups excluding tert-OH is 1. The van der Waals surface area contributed by atoms with E-state index in [1.807, 2.05) is 4.90 Å². The van der Waals surface area contributed by atoms with Gasteiger partial charge in [0.05, 0.1) is 0 Å². The monoisotopic (exact) mass is 315 g/mol. The van der Waals surface area contributed by atoms with Gasteiger partial charge in [-0.1, -0.05) is 0 Å². The second-order valence-electron chi connectivity index (χ2n) is 5.18. The first-order valence-corrected chi connectivity index (χ1v) is 8.05. The Hall–Kier alpha value is -1.14. The van der Waals surface area contributed by atoms with Crippen LogP contribution in [0.3, 0.4) is 0 Å². The minimum atomic E-state index is -0.864. The Labute approximate surface area is 127 Å². The van der Waals surface area contributed by atoms with Gasteiger partial charge in [-0.25, -0.2) is 8.78 Å². The maximum Gasteiger partial charge on any atom is 0.223 e. The summed E-state index contributed by atoms with van der Waals surface area (Å²) in [5.41, 5.74) is 0. The van der Waals surface area contributed by atoms with Crippen molar-refractivity contribution in [2.45, 2.75) is 24.2 Å². The predicted octanol–water partition coefficient (Wildman–Crippen LogP) is 2.68. The van der Waals surface area contributed by atoms with Gasteiger partial charge < -0.3 is 10.0 Å². The van der Waals surface area contributed by atoms with Crippen molar-refractivity contribution >= 4 is 17.7 Å². The van der Waals surface area contributed by atoms with Crippen molar-refractivity contribution in [2.24, 2.45) is 5.92 Å². The lowest BCUT2D eigenvalue weighted by Gasteiger charge is -2.31. The van der Waals surface area contributed by atoms with Gasteiger partial charge in [0.15, 0.2) is 11.6 Å². The zero-order valence-corrected chi connectivity index (χ0v) is 12.5. The summed E-state index contributed by atoms with van der Waals surface area (Å²) in [4.78, 5) is 14.5. The van der Waals surface area contributed by atoms with Gasteiger partial charge in [-0.15, -0.1) is 11.8 Å². The SMILES string of the molecule is O=C(CCSc1ccc(F)c(F)c1)N1CCC(CO)CC1. The zero-order valence-electron chi connectivity index (χ0n) is 11.7. The number of nitrogens with zero attached hydrogens (tertiary/aromatic N) is 1. The molecule has 1 amide bonds. The van der Waals surface area contributed by atoms with E-state index in [1.165, 1.54) is 17.8 Å². The van der Waals surface area contributed by atoms with Gasteiger partial charge in [0.2, 0.25) is 5.91 Å². The Morgan fingerprint density at radius 1 is 1.29 bits per heavy atom. The first kappa shape index (κ1) is 16.2. The second kappa shape index (κ2) is 7.75. The molecule has 1 heterocycles. The highest BCUT2D eigenvalue weighted by atomic mass is 32.2. The third-order valence-corrected chi connectivity index (χ3v) is 4.70. The average Bonchev–Trinajstić information content (AvgIpc) is 2.51. The van der Waals surface area contributed by atoms with Crippen LogP contribution in [0.25, 0.3) is 0 Å². The Morgan fingerprint density at radius 2 is 2.00 bits per heavy atom. The summed E-state index contributed by atoms with van der Waals surface area (Å²) in [6.07, 6.45) is 2.07. The number of halogens is 2. The van der Waals surface area contributed by atoms with Gasteiger partial charge in [0.1, 0.15) is 0 Å². The van der Waals surface area contributed by atoms with E-state index >= 15 is 0 Å². The number of carbonyl (C=O) groups excluding carboxylic acids is 1. The average molecular weight is 315 g/mol. The van der Waals surface area contributed by atoms with Crippen molar-refractivity contribution in [1.29, 1.82) is 0 Å². The van der Waals surface area contributed by atoms with Gasteiger partial charge in [-0.3, -0.25) is 4.79 Å². The van der Waals surface area contributed by atoms with E-state index in [9.17, 15) is 13.6 Å². The van der Waals surface area contributed by atoms with Crippen LogP contribution in [0.1, 0.15) is 19.3 Å². The van der Waals surface area contributed by atoms with E-state index in [1.54, 1.807) is 0 Å². The van der Waals surface area contributed by atoms with E-state index in [0.29, 0.717) is 36.1 Å². The second-order valence-corrected chi connectivity index (χ2v) is 6.35. The number of thioether (sulfide) groups is 1. The normalized spacial score (nSPS) is 16.2. The number of hydrogen-bond donors (Lipinski definition) is 1. The lowest BCUT2D eigenvalue weighted by Crippen LogP contribution is -2.39. The largest absolute Gasteiger partial charge is 0.396 e. The smallest absolute Gasteiger partial charge is 0.223 e. The number of likely N-dealkylation sites (tertiary alicyclic amines) is 1. The highest BCUT2D eigenvalue weighted by Gasteiger charge is 2.21. The minimum Gasteiger partial charge on any atom is -0.396 e. The molecule has 1 aliphatic heterocycles. The zero-order chi connectivity index (χ0) is 15.2. The Morgan fingerprint density at radius 3 is 2.62 bits per heavy atom. The van der Waals surface area contributed by atoms with Crippen LogP contribution >= 0.6 is 11.8 Å². The topological polar surface area (TPSA) is 40.5 Å². The van der Waals surface area contributed by atoms with Crippen LogP contribution in [-0.4, -0.2) is 41.4 Å². The highest BCUT2D eigenvalue weighted by Crippen LogP contribution is 2.22. The number of aliphatic hydroxyl groups is 1. The van der Waals surface area contributed by atoms with Crippen molar-refractivity contribution in [2.75, 3.05) is 25.4 Å². The predicted molar refractivity (Wildman–Crippen MR) is 78.1 cm³/mol. The van der Waals surface area contributed by atoms with Crippen LogP contribution in [0.2, 0.25) is 0 Å². The molecule has 1 aromatic rings. The van der Waals surface area contributed by atoms with E-state index in [-0.39, 0.29) is 12.5 Å². The fraction of sp³-hybridized carbons (Fsp3) is 0.533. The van der Waals surface area contributed by atoms with Crippen LogP contribution in [0.4, 0.5) is 8.78 Å². The van der Waals surface area contributed by atoms with Gasteiger partial charge >= 0.3 is 0 Å². The molecule has 1 aromatic carbocycles. The van der Waals surface area contributed by atoms with E-state index < -0.39 is 11.6 Å². The van der Waals surface area contributed by atoms with Crippen molar-refractivity contribution in [3.63, 3.8) is 0 Å². The molecule has 0 aromatic heterocycles. The van der Waals surface area contributed by atoms with E-state index in [4.69, 9.17) is 5.11 Å². The molecular weight excluding hydrogens is 296 g/mol. The van der Waals surface area contributed by atoms with Gasteiger partial charge in [0, 0.05) is 36.8 Å². The van der Waals surface area contributed by atoms with Crippen LogP contribution in [0, 0.1) is 17.6 Å². The minimum absolute atomic E-state index is 0.0847. The van der Waals surface area contributed by atoms with Crippen molar-refractivity contribution in [3.05, 3.63) is 29.8 Å². The number of hydrogen-bond acceptors (Lipinski definition) is 3. The van der Waals surface area contributed by atoms with Crippen molar-refractivity contribution < 1.29 is 18.7 Å². The molecule has 0 radical (unpaired) electrons. The summed E-state index contributed by atoms with van der Waals surface area (Å²) >= 11 is 1.35. The summed E-state index contributed by atoms with van der Waals surface area (Å²) in [6, 6.07) is 3.76. The van der Waals surface area contributed by atoms with Gasteiger partial charge in [0.25, 0.3) is 0 Å². The molecular formula is C15H19F2NO2S. The molecule has 0 saturated carbocycles. The first-order valence-electron chi connectivity index (χ1n) is 7.06. The molecule has 2 rings (SSSR count).